The van der Waals surface area contributed by atoms with Crippen molar-refractivity contribution in [1.29, 1.82) is 5.26 Å². The third kappa shape index (κ3) is 2.34. The van der Waals surface area contributed by atoms with E-state index < -0.39 is 0 Å². The Bertz CT molecular complexity index is 326. The minimum absolute atomic E-state index is 0. The van der Waals surface area contributed by atoms with Gasteiger partial charge in [0, 0.05) is 19.3 Å². The average Bonchev–Trinajstić information content (AvgIpc) is 2.12. The topological polar surface area (TPSA) is 60.7 Å². The maximum absolute atomic E-state index is 8.55. The first-order valence-electron chi connectivity index (χ1n) is 4.22. The summed E-state index contributed by atoms with van der Waals surface area (Å²) in [5.41, 5.74) is 0.595. The smallest absolute Gasteiger partial charge is 0.126 e. The molecule has 2 N–H and O–H groups in total. The van der Waals surface area contributed by atoms with Gasteiger partial charge in [0.05, 0.1) is 11.6 Å². The van der Waals surface area contributed by atoms with E-state index in [0.29, 0.717) is 11.6 Å². The number of halogens is 1. The largest absolute Gasteiger partial charge is 0.365 e. The van der Waals surface area contributed by atoms with Crippen LogP contribution in [0.2, 0.25) is 0 Å². The van der Waals surface area contributed by atoms with Gasteiger partial charge < -0.3 is 10.6 Å². The molecule has 1 aromatic heterocycles. The van der Waals surface area contributed by atoms with E-state index in [9.17, 15) is 0 Å². The van der Waals surface area contributed by atoms with Gasteiger partial charge in [-0.3, -0.25) is 0 Å². The van der Waals surface area contributed by atoms with Gasteiger partial charge in [-0.1, -0.05) is 0 Å². The Morgan fingerprint density at radius 3 is 2.71 bits per heavy atom. The first kappa shape index (κ1) is 10.8. The summed E-state index contributed by atoms with van der Waals surface area (Å²) in [4.78, 5) is 4.11. The first-order chi connectivity index (χ1) is 6.38. The van der Waals surface area contributed by atoms with Crippen LogP contribution in [0.1, 0.15) is 5.56 Å². The van der Waals surface area contributed by atoms with E-state index in [1.54, 1.807) is 12.3 Å². The van der Waals surface area contributed by atoms with Crippen LogP contribution in [0.15, 0.2) is 18.3 Å². The van der Waals surface area contributed by atoms with Crippen molar-refractivity contribution in [3.05, 3.63) is 23.9 Å². The third-order valence-electron chi connectivity index (χ3n) is 2.03. The van der Waals surface area contributed by atoms with Gasteiger partial charge in [-0.25, -0.2) is 4.98 Å². The normalized spacial score (nSPS) is 14.8. The fraction of sp³-hybridized carbons (Fsp3) is 0.333. The number of aromatic nitrogens is 1. The Morgan fingerprint density at radius 1 is 1.50 bits per heavy atom. The van der Waals surface area contributed by atoms with E-state index in [1.807, 2.05) is 12.1 Å². The van der Waals surface area contributed by atoms with Crippen molar-refractivity contribution in [2.45, 2.75) is 6.04 Å². The van der Waals surface area contributed by atoms with Gasteiger partial charge in [0.15, 0.2) is 0 Å². The molecule has 5 heteroatoms. The van der Waals surface area contributed by atoms with Crippen molar-refractivity contribution in [3.8, 4) is 6.07 Å². The Labute approximate surface area is 88.8 Å². The lowest BCUT2D eigenvalue weighted by Gasteiger charge is -2.28. The molecule has 0 aliphatic carbocycles. The van der Waals surface area contributed by atoms with Crippen molar-refractivity contribution in [2.75, 3.05) is 18.4 Å². The number of rotatable bonds is 2. The summed E-state index contributed by atoms with van der Waals surface area (Å²) >= 11 is 0. The standard InChI is InChI=1S/C9H10N4.ClH/c10-3-7-1-2-9(12-4-7)13-8-5-11-6-8;/h1-2,4,8,11H,5-6H2,(H,12,13);1H. The molecule has 0 amide bonds. The lowest BCUT2D eigenvalue weighted by Crippen LogP contribution is -2.51. The van der Waals surface area contributed by atoms with Crippen LogP contribution < -0.4 is 10.6 Å². The van der Waals surface area contributed by atoms with Gasteiger partial charge in [-0.2, -0.15) is 5.26 Å². The lowest BCUT2D eigenvalue weighted by molar-refractivity contribution is 0.471. The summed E-state index contributed by atoms with van der Waals surface area (Å²) in [5, 5.41) is 15.0. The molecular weight excluding hydrogens is 200 g/mol. The summed E-state index contributed by atoms with van der Waals surface area (Å²) in [5.74, 6) is 0.838. The zero-order chi connectivity index (χ0) is 9.10. The molecule has 14 heavy (non-hydrogen) atoms. The molecule has 1 aromatic rings. The molecule has 74 valence electrons. The number of nitriles is 1. The van der Waals surface area contributed by atoms with Crippen LogP contribution in [0.4, 0.5) is 5.82 Å². The molecule has 4 nitrogen and oxygen atoms in total. The highest BCUT2D eigenvalue weighted by molar-refractivity contribution is 5.85. The van der Waals surface area contributed by atoms with Crippen LogP contribution in [-0.2, 0) is 0 Å². The highest BCUT2D eigenvalue weighted by Gasteiger charge is 2.15. The molecule has 2 heterocycles. The van der Waals surface area contributed by atoms with Gasteiger partial charge in [0.25, 0.3) is 0 Å². The monoisotopic (exact) mass is 210 g/mol. The predicted octanol–water partition coefficient (Wildman–Crippen LogP) is 0.759. The fourth-order valence-electron chi connectivity index (χ4n) is 1.15. The number of pyridine rings is 1. The Hall–Kier alpha value is -1.31. The van der Waals surface area contributed by atoms with Crippen molar-refractivity contribution >= 4 is 18.2 Å². The number of hydrogen-bond donors (Lipinski definition) is 2. The molecule has 0 bridgehead atoms. The van der Waals surface area contributed by atoms with Crippen molar-refractivity contribution in [2.24, 2.45) is 0 Å². The molecule has 0 aromatic carbocycles. The fourth-order valence-corrected chi connectivity index (χ4v) is 1.15. The highest BCUT2D eigenvalue weighted by Crippen LogP contribution is 2.07. The van der Waals surface area contributed by atoms with Gasteiger partial charge in [0.2, 0.25) is 0 Å². The highest BCUT2D eigenvalue weighted by atomic mass is 35.5. The second kappa shape index (κ2) is 4.80. The molecule has 0 radical (unpaired) electrons. The Morgan fingerprint density at radius 2 is 2.29 bits per heavy atom. The van der Waals surface area contributed by atoms with E-state index in [1.165, 1.54) is 0 Å². The Balaban J connectivity index is 0.000000980. The molecule has 1 fully saturated rings. The van der Waals surface area contributed by atoms with E-state index in [4.69, 9.17) is 5.26 Å². The predicted molar refractivity (Wildman–Crippen MR) is 56.5 cm³/mol. The summed E-state index contributed by atoms with van der Waals surface area (Å²) in [7, 11) is 0. The summed E-state index contributed by atoms with van der Waals surface area (Å²) < 4.78 is 0. The molecule has 0 unspecified atom stereocenters. The summed E-state index contributed by atoms with van der Waals surface area (Å²) in [6.07, 6.45) is 1.58. The maximum atomic E-state index is 8.55. The molecule has 1 aliphatic heterocycles. The van der Waals surface area contributed by atoms with Crippen LogP contribution in [0.5, 0.6) is 0 Å². The third-order valence-corrected chi connectivity index (χ3v) is 2.03. The number of anilines is 1. The van der Waals surface area contributed by atoms with Crippen LogP contribution in [0.25, 0.3) is 0 Å². The van der Waals surface area contributed by atoms with Crippen LogP contribution in [-0.4, -0.2) is 24.1 Å². The summed E-state index contributed by atoms with van der Waals surface area (Å²) in [6, 6.07) is 6.11. The van der Waals surface area contributed by atoms with Gasteiger partial charge in [0.1, 0.15) is 11.9 Å². The van der Waals surface area contributed by atoms with E-state index >= 15 is 0 Å². The molecule has 1 saturated heterocycles. The molecule has 1 aliphatic rings. The van der Waals surface area contributed by atoms with Crippen molar-refractivity contribution < 1.29 is 0 Å². The van der Waals surface area contributed by atoms with Crippen LogP contribution in [0, 0.1) is 11.3 Å². The van der Waals surface area contributed by atoms with Gasteiger partial charge in [-0.15, -0.1) is 12.4 Å². The van der Waals surface area contributed by atoms with E-state index in [2.05, 4.69) is 15.6 Å². The van der Waals surface area contributed by atoms with Crippen molar-refractivity contribution in [1.82, 2.24) is 10.3 Å². The quantitative estimate of drug-likeness (QED) is 0.757. The molecule has 2 rings (SSSR count). The van der Waals surface area contributed by atoms with Crippen molar-refractivity contribution in [3.63, 3.8) is 0 Å². The van der Waals surface area contributed by atoms with E-state index in [0.717, 1.165) is 18.9 Å². The zero-order valence-corrected chi connectivity index (χ0v) is 8.34. The number of nitrogens with one attached hydrogen (secondary N) is 2. The van der Waals surface area contributed by atoms with Crippen LogP contribution >= 0.6 is 12.4 Å². The molecule has 0 spiro atoms. The summed E-state index contributed by atoms with van der Waals surface area (Å²) in [6.45, 7) is 1.98. The van der Waals surface area contributed by atoms with E-state index in [-0.39, 0.29) is 12.4 Å². The van der Waals surface area contributed by atoms with Gasteiger partial charge >= 0.3 is 0 Å². The average molecular weight is 211 g/mol. The number of nitrogens with zero attached hydrogens (tertiary/aromatic N) is 2. The second-order valence-corrected chi connectivity index (χ2v) is 3.04. The van der Waals surface area contributed by atoms with Gasteiger partial charge in [-0.05, 0) is 12.1 Å². The molecular formula is C9H11ClN4. The first-order valence-corrected chi connectivity index (χ1v) is 4.22. The minimum atomic E-state index is 0. The van der Waals surface area contributed by atoms with Crippen LogP contribution in [0.3, 0.4) is 0 Å². The molecule has 0 atom stereocenters. The number of hydrogen-bond acceptors (Lipinski definition) is 4. The Kier molecular flexibility index (Phi) is 3.69. The lowest BCUT2D eigenvalue weighted by atomic mass is 10.2. The second-order valence-electron chi connectivity index (χ2n) is 3.04. The maximum Gasteiger partial charge on any atom is 0.126 e. The minimum Gasteiger partial charge on any atom is -0.365 e. The molecule has 0 saturated carbocycles. The SMILES string of the molecule is Cl.N#Cc1ccc(NC2CNC2)nc1. The zero-order valence-electron chi connectivity index (χ0n) is 7.53.